The largest absolute Gasteiger partial charge is 0.461 e. The lowest BCUT2D eigenvalue weighted by Crippen LogP contribution is -2.09. The van der Waals surface area contributed by atoms with E-state index < -0.39 is 5.97 Å². The summed E-state index contributed by atoms with van der Waals surface area (Å²) in [4.78, 5) is 11.5. The van der Waals surface area contributed by atoms with Crippen molar-refractivity contribution in [3.05, 3.63) is 11.8 Å². The highest BCUT2D eigenvalue weighted by molar-refractivity contribution is 5.88. The average Bonchev–Trinajstić information content (AvgIpc) is 2.65. The predicted octanol–water partition coefficient (Wildman–Crippen LogP) is 1.83. The monoisotopic (exact) mass is 225 g/mol. The minimum atomic E-state index is -0.399. The molecule has 0 fully saturated rings. The van der Waals surface area contributed by atoms with Gasteiger partial charge in [-0.1, -0.05) is 20.3 Å². The van der Waals surface area contributed by atoms with E-state index in [-0.39, 0.29) is 0 Å². The molecule has 1 aromatic heterocycles. The number of nitrogens with two attached hydrogens (primary N) is 1. The van der Waals surface area contributed by atoms with Crippen molar-refractivity contribution in [3.8, 4) is 0 Å². The van der Waals surface area contributed by atoms with Crippen LogP contribution in [0.2, 0.25) is 0 Å². The van der Waals surface area contributed by atoms with E-state index in [1.54, 1.807) is 10.7 Å². The molecule has 0 aliphatic carbocycles. The number of hydrogen-bond donors (Lipinski definition) is 1. The molecule has 1 heterocycles. The number of anilines is 1. The molecule has 0 aromatic carbocycles. The Morgan fingerprint density at radius 1 is 1.50 bits per heavy atom. The van der Waals surface area contributed by atoms with Crippen molar-refractivity contribution < 1.29 is 9.53 Å². The van der Waals surface area contributed by atoms with Crippen LogP contribution in [0.15, 0.2) is 6.07 Å². The van der Waals surface area contributed by atoms with Crippen LogP contribution in [0.25, 0.3) is 0 Å². The molecule has 0 bridgehead atoms. The van der Waals surface area contributed by atoms with Gasteiger partial charge in [0, 0.05) is 12.6 Å². The summed E-state index contributed by atoms with van der Waals surface area (Å²) in [6, 6.07) is 1.56. The van der Waals surface area contributed by atoms with E-state index in [0.29, 0.717) is 18.1 Å². The zero-order valence-corrected chi connectivity index (χ0v) is 9.90. The number of ether oxygens (including phenoxy) is 1. The zero-order valence-electron chi connectivity index (χ0n) is 9.90. The lowest BCUT2D eigenvalue weighted by atomic mass is 10.3. The number of nitrogens with zero attached hydrogens (tertiary/aromatic N) is 2. The van der Waals surface area contributed by atoms with Crippen molar-refractivity contribution >= 4 is 11.8 Å². The molecule has 1 aromatic rings. The highest BCUT2D eigenvalue weighted by Crippen LogP contribution is 2.09. The number of nitrogen functional groups attached to an aromatic ring is 1. The molecule has 2 N–H and O–H groups in total. The molecule has 0 aliphatic heterocycles. The van der Waals surface area contributed by atoms with Gasteiger partial charge in [0.15, 0.2) is 5.69 Å². The molecule has 0 amide bonds. The van der Waals surface area contributed by atoms with Crippen molar-refractivity contribution in [1.29, 1.82) is 0 Å². The van der Waals surface area contributed by atoms with Crippen LogP contribution in [-0.2, 0) is 11.3 Å². The second-order valence-corrected chi connectivity index (χ2v) is 3.67. The summed E-state index contributed by atoms with van der Waals surface area (Å²) < 4.78 is 6.62. The molecule has 0 spiro atoms. The Morgan fingerprint density at radius 3 is 2.88 bits per heavy atom. The first-order chi connectivity index (χ1) is 7.69. The summed E-state index contributed by atoms with van der Waals surface area (Å²) >= 11 is 0. The van der Waals surface area contributed by atoms with Gasteiger partial charge in [0.05, 0.1) is 6.61 Å². The molecule has 0 saturated carbocycles. The van der Waals surface area contributed by atoms with Crippen molar-refractivity contribution in [3.63, 3.8) is 0 Å². The highest BCUT2D eigenvalue weighted by Gasteiger charge is 2.13. The number of carbonyl (C=O) groups is 1. The van der Waals surface area contributed by atoms with E-state index in [4.69, 9.17) is 10.5 Å². The van der Waals surface area contributed by atoms with Crippen LogP contribution >= 0.6 is 0 Å². The molecule has 0 unspecified atom stereocenters. The van der Waals surface area contributed by atoms with Gasteiger partial charge >= 0.3 is 5.97 Å². The number of aryl methyl sites for hydroxylation is 1. The maximum atomic E-state index is 11.5. The summed E-state index contributed by atoms with van der Waals surface area (Å²) in [6.45, 7) is 5.20. The number of hydrogen-bond acceptors (Lipinski definition) is 4. The normalized spacial score (nSPS) is 10.4. The molecule has 0 saturated heterocycles. The summed E-state index contributed by atoms with van der Waals surface area (Å²) in [5.74, 6) is 0.112. The van der Waals surface area contributed by atoms with E-state index in [9.17, 15) is 4.79 Å². The van der Waals surface area contributed by atoms with Gasteiger partial charge in [-0.2, -0.15) is 5.10 Å². The Morgan fingerprint density at radius 2 is 2.25 bits per heavy atom. The van der Waals surface area contributed by atoms with Crippen LogP contribution in [0.4, 0.5) is 5.82 Å². The second kappa shape index (κ2) is 6.15. The van der Waals surface area contributed by atoms with Gasteiger partial charge in [0.2, 0.25) is 0 Å². The lowest BCUT2D eigenvalue weighted by Gasteiger charge is -2.01. The van der Waals surface area contributed by atoms with Gasteiger partial charge < -0.3 is 10.5 Å². The molecule has 5 nitrogen and oxygen atoms in total. The molecule has 5 heteroatoms. The van der Waals surface area contributed by atoms with Crippen LogP contribution < -0.4 is 5.73 Å². The number of aromatic nitrogens is 2. The molecule has 16 heavy (non-hydrogen) atoms. The highest BCUT2D eigenvalue weighted by atomic mass is 16.5. The first-order valence-electron chi connectivity index (χ1n) is 5.69. The Hall–Kier alpha value is -1.52. The summed E-state index contributed by atoms with van der Waals surface area (Å²) in [5, 5.41) is 4.12. The Kier molecular flexibility index (Phi) is 4.82. The third kappa shape index (κ3) is 3.25. The fourth-order valence-corrected chi connectivity index (χ4v) is 1.29. The summed E-state index contributed by atoms with van der Waals surface area (Å²) in [7, 11) is 0. The molecular weight excluding hydrogens is 206 g/mol. The maximum absolute atomic E-state index is 11.5. The van der Waals surface area contributed by atoms with Gasteiger partial charge in [-0.25, -0.2) is 9.48 Å². The molecule has 1 rings (SSSR count). The van der Waals surface area contributed by atoms with E-state index in [1.807, 2.05) is 6.92 Å². The summed E-state index contributed by atoms with van der Waals surface area (Å²) in [6.07, 6.45) is 2.86. The van der Waals surface area contributed by atoms with E-state index >= 15 is 0 Å². The molecule has 0 atom stereocenters. The standard InChI is InChI=1S/C11H19N3O2/c1-3-5-6-14-10(12)8-9(13-14)11(15)16-7-4-2/h8H,3-7,12H2,1-2H3. The smallest absolute Gasteiger partial charge is 0.358 e. The third-order valence-corrected chi connectivity index (χ3v) is 2.18. The van der Waals surface area contributed by atoms with Crippen molar-refractivity contribution in [2.75, 3.05) is 12.3 Å². The Balaban J connectivity index is 2.64. The van der Waals surface area contributed by atoms with Crippen molar-refractivity contribution in [2.45, 2.75) is 39.7 Å². The molecule has 0 radical (unpaired) electrons. The van der Waals surface area contributed by atoms with Crippen molar-refractivity contribution in [1.82, 2.24) is 9.78 Å². The Labute approximate surface area is 95.6 Å². The molecule has 0 aliphatic rings. The topological polar surface area (TPSA) is 70.1 Å². The number of esters is 1. The number of unbranched alkanes of at least 4 members (excludes halogenated alkanes) is 1. The first-order valence-corrected chi connectivity index (χ1v) is 5.69. The van der Waals surface area contributed by atoms with E-state index in [0.717, 1.165) is 25.8 Å². The van der Waals surface area contributed by atoms with Gasteiger partial charge in [-0.3, -0.25) is 0 Å². The van der Waals surface area contributed by atoms with Crippen LogP contribution in [0.1, 0.15) is 43.6 Å². The van der Waals surface area contributed by atoms with E-state index in [2.05, 4.69) is 12.0 Å². The zero-order chi connectivity index (χ0) is 12.0. The molecule has 90 valence electrons. The number of carbonyl (C=O) groups excluding carboxylic acids is 1. The van der Waals surface area contributed by atoms with Crippen LogP contribution in [-0.4, -0.2) is 22.4 Å². The van der Waals surface area contributed by atoms with Crippen LogP contribution in [0.5, 0.6) is 0 Å². The fourth-order valence-electron chi connectivity index (χ4n) is 1.29. The quantitative estimate of drug-likeness (QED) is 0.750. The van der Waals surface area contributed by atoms with Gasteiger partial charge in [-0.05, 0) is 12.8 Å². The van der Waals surface area contributed by atoms with Crippen molar-refractivity contribution in [2.24, 2.45) is 0 Å². The predicted molar refractivity (Wildman–Crippen MR) is 62.1 cm³/mol. The maximum Gasteiger partial charge on any atom is 0.358 e. The van der Waals surface area contributed by atoms with Crippen LogP contribution in [0, 0.1) is 0 Å². The van der Waals surface area contributed by atoms with Crippen LogP contribution in [0.3, 0.4) is 0 Å². The van der Waals surface area contributed by atoms with Gasteiger partial charge in [0.25, 0.3) is 0 Å². The van der Waals surface area contributed by atoms with Gasteiger partial charge in [-0.15, -0.1) is 0 Å². The molecular formula is C11H19N3O2. The third-order valence-electron chi connectivity index (χ3n) is 2.18. The summed E-state index contributed by atoms with van der Waals surface area (Å²) in [5.41, 5.74) is 6.03. The second-order valence-electron chi connectivity index (χ2n) is 3.67. The van der Waals surface area contributed by atoms with E-state index in [1.165, 1.54) is 0 Å². The average molecular weight is 225 g/mol. The lowest BCUT2D eigenvalue weighted by molar-refractivity contribution is 0.0497. The fraction of sp³-hybridized carbons (Fsp3) is 0.636. The first kappa shape index (κ1) is 12.5. The van der Waals surface area contributed by atoms with Gasteiger partial charge in [0.1, 0.15) is 5.82 Å². The minimum absolute atomic E-state index is 0.294. The minimum Gasteiger partial charge on any atom is -0.461 e. The number of rotatable bonds is 6. The Bertz CT molecular complexity index is 347. The SMILES string of the molecule is CCCCn1nc(C(=O)OCCC)cc1N.